The molecule has 3 rings (SSSR count). The van der Waals surface area contributed by atoms with Crippen molar-refractivity contribution >= 4 is 40.7 Å². The van der Waals surface area contributed by atoms with Crippen molar-refractivity contribution in [2.45, 2.75) is 12.7 Å². The summed E-state index contributed by atoms with van der Waals surface area (Å²) in [5.41, 5.74) is 1.68. The summed E-state index contributed by atoms with van der Waals surface area (Å²) >= 11 is 1.54. The molecule has 5 nitrogen and oxygen atoms in total. The number of carbonyl (C=O) groups is 2. The molecule has 2 aromatic rings. The van der Waals surface area contributed by atoms with Crippen LogP contribution in [0.15, 0.2) is 46.1 Å². The van der Waals surface area contributed by atoms with Crippen LogP contribution in [-0.2, 0) is 4.79 Å². The maximum atomic E-state index is 11.7. The Bertz CT molecular complexity index is 742. The zero-order valence-corrected chi connectivity index (χ0v) is 12.9. The van der Waals surface area contributed by atoms with Crippen molar-refractivity contribution in [3.63, 3.8) is 0 Å². The molecule has 2 amide bonds. The molecule has 2 N–H and O–H groups in total. The first-order chi connectivity index (χ1) is 11.3. The van der Waals surface area contributed by atoms with Gasteiger partial charge in [0.1, 0.15) is 0 Å². The monoisotopic (exact) mass is 355 g/mol. The Hall–Kier alpha value is -2.68. The van der Waals surface area contributed by atoms with Gasteiger partial charge in [-0.25, -0.2) is 0 Å². The number of nitrogens with one attached hydrogen (secondary N) is 2. The molecule has 0 unspecified atom stereocenters. The van der Waals surface area contributed by atoms with Gasteiger partial charge in [0.15, 0.2) is 0 Å². The molecule has 9 heteroatoms. The van der Waals surface area contributed by atoms with E-state index in [1.807, 2.05) is 10.8 Å². The molecule has 0 fully saturated rings. The number of amides is 2. The van der Waals surface area contributed by atoms with Crippen LogP contribution in [0.1, 0.15) is 16.8 Å². The van der Waals surface area contributed by atoms with E-state index in [0.717, 1.165) is 16.7 Å². The van der Waals surface area contributed by atoms with Gasteiger partial charge in [-0.3, -0.25) is 19.9 Å². The van der Waals surface area contributed by atoms with Gasteiger partial charge in [0.05, 0.1) is 17.8 Å². The van der Waals surface area contributed by atoms with Crippen LogP contribution in [0.3, 0.4) is 0 Å². The van der Waals surface area contributed by atoms with E-state index in [4.69, 9.17) is 0 Å². The Morgan fingerprint density at radius 2 is 1.92 bits per heavy atom. The summed E-state index contributed by atoms with van der Waals surface area (Å²) in [4.78, 5) is 25.9. The molecule has 0 saturated heterocycles. The lowest BCUT2D eigenvalue weighted by Gasteiger charge is -2.07. The predicted molar refractivity (Wildman–Crippen MR) is 85.7 cm³/mol. The highest BCUT2D eigenvalue weighted by molar-refractivity contribution is 7.09. The Labute approximate surface area is 139 Å². The first kappa shape index (κ1) is 17.7. The number of fused-ring (bicyclic) bond motifs is 1. The number of halogens is 3. The Morgan fingerprint density at radius 3 is 2.58 bits per heavy atom. The van der Waals surface area contributed by atoms with Gasteiger partial charge in [-0.05, 0) is 12.1 Å². The smallest absolute Gasteiger partial charge is 0.323 e. The summed E-state index contributed by atoms with van der Waals surface area (Å²) in [7, 11) is 0. The number of benzene rings is 1. The van der Waals surface area contributed by atoms with Crippen LogP contribution in [0.4, 0.5) is 24.5 Å². The number of hydrogen-bond acceptors (Lipinski definition) is 4. The van der Waals surface area contributed by atoms with Crippen molar-refractivity contribution in [2.75, 3.05) is 5.32 Å². The largest absolute Gasteiger partial charge is 0.484 e. The molecular formula is C15H12F3N3O2S. The molecule has 0 spiro atoms. The van der Waals surface area contributed by atoms with E-state index >= 15 is 0 Å². The van der Waals surface area contributed by atoms with Crippen LogP contribution in [0.25, 0.3) is 0 Å². The lowest BCUT2D eigenvalue weighted by atomic mass is 10.2. The van der Waals surface area contributed by atoms with Crippen LogP contribution in [0.5, 0.6) is 0 Å². The van der Waals surface area contributed by atoms with Crippen LogP contribution in [0.2, 0.25) is 0 Å². The highest BCUT2D eigenvalue weighted by Crippen LogP contribution is 2.30. The highest BCUT2D eigenvalue weighted by atomic mass is 32.1. The molecule has 1 aromatic carbocycles. The molecule has 0 aliphatic carbocycles. The molecule has 1 aromatic heterocycles. The molecule has 0 saturated carbocycles. The fourth-order valence-electron chi connectivity index (χ4n) is 1.70. The van der Waals surface area contributed by atoms with Gasteiger partial charge in [-0.2, -0.15) is 13.2 Å². The van der Waals surface area contributed by atoms with E-state index < -0.39 is 12.2 Å². The van der Waals surface area contributed by atoms with Gasteiger partial charge in [-0.1, -0.05) is 18.2 Å². The Balaban J connectivity index is 0.000000175. The minimum atomic E-state index is -4.67. The molecule has 0 atom stereocenters. The summed E-state index contributed by atoms with van der Waals surface area (Å²) in [6.45, 7) is 0. The number of alkyl halides is 3. The van der Waals surface area contributed by atoms with Crippen molar-refractivity contribution in [2.24, 2.45) is 4.99 Å². The average Bonchev–Trinajstić information content (AvgIpc) is 2.87. The third kappa shape index (κ3) is 5.51. The molecule has 1 aliphatic heterocycles. The minimum absolute atomic E-state index is 0.00546. The van der Waals surface area contributed by atoms with Crippen molar-refractivity contribution < 1.29 is 22.8 Å². The average molecular weight is 355 g/mol. The second kappa shape index (κ2) is 7.73. The zero-order chi connectivity index (χ0) is 17.6. The van der Waals surface area contributed by atoms with Crippen LogP contribution in [0, 0.1) is 0 Å². The second-order valence-corrected chi connectivity index (χ2v) is 5.30. The van der Waals surface area contributed by atoms with E-state index in [9.17, 15) is 22.8 Å². The third-order valence-electron chi connectivity index (χ3n) is 2.71. The Kier molecular flexibility index (Phi) is 5.69. The predicted octanol–water partition coefficient (Wildman–Crippen LogP) is 3.73. The second-order valence-electron chi connectivity index (χ2n) is 4.55. The number of aliphatic imine (C=N–C) groups is 1. The summed E-state index contributed by atoms with van der Waals surface area (Å²) < 4.78 is 35.0. The van der Waals surface area contributed by atoms with E-state index in [0.29, 0.717) is 6.42 Å². The number of carbonyl (C=O) groups excluding carboxylic acids is 2. The lowest BCUT2D eigenvalue weighted by molar-refractivity contribution is -0.146. The van der Waals surface area contributed by atoms with Crippen molar-refractivity contribution in [1.82, 2.24) is 5.32 Å². The number of hydrogen-bond donors (Lipinski definition) is 2. The van der Waals surface area contributed by atoms with Gasteiger partial charge in [0.2, 0.25) is 5.91 Å². The topological polar surface area (TPSA) is 70.6 Å². The van der Waals surface area contributed by atoms with Gasteiger partial charge >= 0.3 is 6.30 Å². The first-order valence-corrected chi connectivity index (χ1v) is 7.62. The molecule has 1 aliphatic rings. The van der Waals surface area contributed by atoms with Crippen LogP contribution < -0.4 is 10.6 Å². The maximum Gasteiger partial charge on any atom is 0.484 e. The van der Waals surface area contributed by atoms with Gasteiger partial charge in [0.25, 0.3) is 5.91 Å². The quantitative estimate of drug-likeness (QED) is 0.765. The molecule has 126 valence electrons. The summed E-state index contributed by atoms with van der Waals surface area (Å²) in [5, 5.41) is 7.44. The fourth-order valence-corrected chi connectivity index (χ4v) is 2.40. The first-order valence-electron chi connectivity index (χ1n) is 6.68. The van der Waals surface area contributed by atoms with E-state index in [1.165, 1.54) is 35.6 Å². The van der Waals surface area contributed by atoms with Crippen molar-refractivity contribution in [3.05, 3.63) is 46.7 Å². The molecule has 0 radical (unpaired) electrons. The number of nitrogens with zero attached hydrogens (tertiary/aromatic N) is 1. The van der Waals surface area contributed by atoms with Gasteiger partial charge in [-0.15, -0.1) is 11.3 Å². The lowest BCUT2D eigenvalue weighted by Crippen LogP contribution is -2.37. The normalized spacial score (nSPS) is 13.0. The van der Waals surface area contributed by atoms with Crippen LogP contribution in [-0.4, -0.2) is 24.3 Å². The van der Waals surface area contributed by atoms with Crippen LogP contribution >= 0.6 is 11.3 Å². The molecule has 2 heterocycles. The SMILES string of the molecule is O=C(NC(F)(F)F)c1ccccc1.O=C1CC=Nc2cscc2N1. The zero-order valence-electron chi connectivity index (χ0n) is 12.1. The summed E-state index contributed by atoms with van der Waals surface area (Å²) in [6, 6.07) is 7.21. The summed E-state index contributed by atoms with van der Waals surface area (Å²) in [6.07, 6.45) is -2.67. The van der Waals surface area contributed by atoms with Gasteiger partial charge in [0, 0.05) is 22.5 Å². The fraction of sp³-hybridized carbons (Fsp3) is 0.133. The van der Waals surface area contributed by atoms with E-state index in [1.54, 1.807) is 12.3 Å². The van der Waals surface area contributed by atoms with Crippen molar-refractivity contribution in [1.29, 1.82) is 0 Å². The Morgan fingerprint density at radius 1 is 1.21 bits per heavy atom. The van der Waals surface area contributed by atoms with Crippen molar-refractivity contribution in [3.8, 4) is 0 Å². The molecular weight excluding hydrogens is 343 g/mol. The van der Waals surface area contributed by atoms with E-state index in [2.05, 4.69) is 10.3 Å². The summed E-state index contributed by atoms with van der Waals surface area (Å²) in [5.74, 6) is -1.14. The maximum absolute atomic E-state index is 11.7. The van der Waals surface area contributed by atoms with E-state index in [-0.39, 0.29) is 11.5 Å². The number of thiophene rings is 1. The number of anilines is 1. The standard InChI is InChI=1S/C8H6F3NO.C7H6N2OS/c9-8(10,11)12-7(13)6-4-2-1-3-5-6;10-7-1-2-8-5-3-11-4-6(5)9-7/h1-5H,(H,12,13);2-4H,1H2,(H,9,10). The van der Waals surface area contributed by atoms with Gasteiger partial charge < -0.3 is 5.32 Å². The highest BCUT2D eigenvalue weighted by Gasteiger charge is 2.30. The third-order valence-corrected chi connectivity index (χ3v) is 3.45. The molecule has 24 heavy (non-hydrogen) atoms. The minimum Gasteiger partial charge on any atom is -0.323 e. The number of rotatable bonds is 1. The molecule has 0 bridgehead atoms.